The van der Waals surface area contributed by atoms with E-state index in [0.717, 1.165) is 76.8 Å². The number of pyridine rings is 1. The third kappa shape index (κ3) is 3.60. The SMILES string of the molecule is CCc1nn2c(-c3c(Cl)cc(C)cc3OC)cccc2c1[N+](C)(CC1CC1)C1CCOC1. The number of aromatic nitrogens is 2. The molecule has 1 aliphatic carbocycles. The molecule has 0 radical (unpaired) electrons. The molecular formula is C26H33ClN3O2+. The number of quaternary nitrogens is 1. The van der Waals surface area contributed by atoms with Crippen molar-refractivity contribution in [2.45, 2.75) is 45.6 Å². The van der Waals surface area contributed by atoms with Crippen LogP contribution in [0.15, 0.2) is 30.3 Å². The first-order valence-corrected chi connectivity index (χ1v) is 12.1. The van der Waals surface area contributed by atoms with E-state index in [1.165, 1.54) is 18.5 Å². The molecule has 0 spiro atoms. The maximum absolute atomic E-state index is 6.76. The lowest BCUT2D eigenvalue weighted by atomic mass is 10.1. The summed E-state index contributed by atoms with van der Waals surface area (Å²) in [6.45, 7) is 7.06. The highest BCUT2D eigenvalue weighted by Gasteiger charge is 2.45. The normalized spacial score (nSPS) is 20.6. The highest BCUT2D eigenvalue weighted by molar-refractivity contribution is 6.33. The number of hydrogen-bond donors (Lipinski definition) is 0. The summed E-state index contributed by atoms with van der Waals surface area (Å²) in [6, 6.07) is 10.9. The van der Waals surface area contributed by atoms with E-state index in [0.29, 0.717) is 11.1 Å². The van der Waals surface area contributed by atoms with E-state index in [4.69, 9.17) is 26.2 Å². The van der Waals surface area contributed by atoms with Crippen LogP contribution in [-0.4, -0.2) is 49.6 Å². The van der Waals surface area contributed by atoms with Crippen molar-refractivity contribution in [2.24, 2.45) is 5.92 Å². The van der Waals surface area contributed by atoms with Gasteiger partial charge >= 0.3 is 0 Å². The average Bonchev–Trinajstić information content (AvgIpc) is 3.27. The molecule has 0 amide bonds. The fourth-order valence-corrected chi connectivity index (χ4v) is 5.80. The number of likely N-dealkylation sites (N-methyl/N-ethyl adjacent to an activating group) is 1. The maximum Gasteiger partial charge on any atom is 0.182 e. The van der Waals surface area contributed by atoms with Crippen LogP contribution in [0.1, 0.15) is 37.4 Å². The van der Waals surface area contributed by atoms with Crippen LogP contribution in [0.4, 0.5) is 5.69 Å². The molecule has 1 aliphatic heterocycles. The van der Waals surface area contributed by atoms with Gasteiger partial charge in [-0.2, -0.15) is 5.10 Å². The van der Waals surface area contributed by atoms with Crippen LogP contribution in [0.5, 0.6) is 5.75 Å². The zero-order valence-corrected chi connectivity index (χ0v) is 20.3. The molecule has 3 aromatic rings. The minimum atomic E-state index is 0.468. The van der Waals surface area contributed by atoms with E-state index >= 15 is 0 Å². The number of fused-ring (bicyclic) bond motifs is 1. The monoisotopic (exact) mass is 454 g/mol. The van der Waals surface area contributed by atoms with Crippen molar-refractivity contribution in [3.8, 4) is 17.0 Å². The molecule has 0 bridgehead atoms. The molecule has 1 aromatic carbocycles. The molecule has 1 saturated carbocycles. The highest BCUT2D eigenvalue weighted by atomic mass is 35.5. The Kier molecular flexibility index (Phi) is 5.68. The van der Waals surface area contributed by atoms with Crippen molar-refractivity contribution >= 4 is 22.8 Å². The fourth-order valence-electron chi connectivity index (χ4n) is 5.44. The summed E-state index contributed by atoms with van der Waals surface area (Å²) in [5.74, 6) is 1.58. The van der Waals surface area contributed by atoms with Gasteiger partial charge in [0.1, 0.15) is 23.0 Å². The van der Waals surface area contributed by atoms with Gasteiger partial charge in [-0.25, -0.2) is 4.52 Å². The largest absolute Gasteiger partial charge is 0.496 e. The number of methoxy groups -OCH3 is 1. The summed E-state index contributed by atoms with van der Waals surface area (Å²) in [4.78, 5) is 0. The van der Waals surface area contributed by atoms with Gasteiger partial charge in [0.15, 0.2) is 5.69 Å². The van der Waals surface area contributed by atoms with E-state index in [9.17, 15) is 0 Å². The van der Waals surface area contributed by atoms with Gasteiger partial charge in [0, 0.05) is 12.3 Å². The van der Waals surface area contributed by atoms with Gasteiger partial charge < -0.3 is 9.47 Å². The van der Waals surface area contributed by atoms with Crippen LogP contribution in [0.3, 0.4) is 0 Å². The number of hydrogen-bond acceptors (Lipinski definition) is 3. The van der Waals surface area contributed by atoms with Gasteiger partial charge in [0.05, 0.1) is 50.2 Å². The van der Waals surface area contributed by atoms with Crippen LogP contribution in [0, 0.1) is 12.8 Å². The molecule has 2 unspecified atom stereocenters. The lowest BCUT2D eigenvalue weighted by Crippen LogP contribution is -2.55. The van der Waals surface area contributed by atoms with Crippen LogP contribution >= 0.6 is 11.6 Å². The first kappa shape index (κ1) is 21.7. The molecule has 2 aliphatic rings. The third-order valence-electron chi connectivity index (χ3n) is 7.27. The number of aryl methyl sites for hydroxylation is 2. The Labute approximate surface area is 195 Å². The second-order valence-corrected chi connectivity index (χ2v) is 10.00. The predicted octanol–water partition coefficient (Wildman–Crippen LogP) is 5.67. The lowest BCUT2D eigenvalue weighted by molar-refractivity contribution is 0.158. The minimum Gasteiger partial charge on any atom is -0.496 e. The van der Waals surface area contributed by atoms with Crippen LogP contribution in [0.25, 0.3) is 16.8 Å². The van der Waals surface area contributed by atoms with E-state index in [-0.39, 0.29) is 0 Å². The highest BCUT2D eigenvalue weighted by Crippen LogP contribution is 2.44. The van der Waals surface area contributed by atoms with Crippen molar-refractivity contribution in [3.05, 3.63) is 46.6 Å². The van der Waals surface area contributed by atoms with Crippen molar-refractivity contribution in [1.29, 1.82) is 0 Å². The average molecular weight is 455 g/mol. The molecule has 2 aromatic heterocycles. The van der Waals surface area contributed by atoms with E-state index in [1.807, 2.05) is 19.1 Å². The van der Waals surface area contributed by atoms with Crippen LogP contribution in [0.2, 0.25) is 5.02 Å². The molecule has 5 nitrogen and oxygen atoms in total. The van der Waals surface area contributed by atoms with Crippen LogP contribution in [-0.2, 0) is 11.2 Å². The lowest BCUT2D eigenvalue weighted by Gasteiger charge is -2.39. The smallest absolute Gasteiger partial charge is 0.182 e. The fraction of sp³-hybridized carbons (Fsp3) is 0.500. The molecule has 6 heteroatoms. The predicted molar refractivity (Wildman–Crippen MR) is 131 cm³/mol. The quantitative estimate of drug-likeness (QED) is 0.431. The Morgan fingerprint density at radius 2 is 2.06 bits per heavy atom. The van der Waals surface area contributed by atoms with Crippen molar-refractivity contribution in [3.63, 3.8) is 0 Å². The van der Waals surface area contributed by atoms with Crippen molar-refractivity contribution < 1.29 is 9.47 Å². The molecule has 1 saturated heterocycles. The summed E-state index contributed by atoms with van der Waals surface area (Å²) in [5.41, 5.74) is 6.60. The molecule has 3 heterocycles. The minimum absolute atomic E-state index is 0.468. The Hall–Kier alpha value is -2.08. The Morgan fingerprint density at radius 1 is 1.25 bits per heavy atom. The Balaban J connectivity index is 1.74. The molecule has 0 N–H and O–H groups in total. The van der Waals surface area contributed by atoms with Crippen molar-refractivity contribution in [1.82, 2.24) is 14.1 Å². The number of benzene rings is 1. The van der Waals surface area contributed by atoms with Gasteiger partial charge in [-0.15, -0.1) is 0 Å². The molecule has 2 fully saturated rings. The number of nitrogens with zero attached hydrogens (tertiary/aromatic N) is 3. The summed E-state index contributed by atoms with van der Waals surface area (Å²) in [7, 11) is 4.10. The number of ether oxygens (including phenoxy) is 2. The van der Waals surface area contributed by atoms with Gasteiger partial charge in [-0.3, -0.25) is 4.48 Å². The zero-order chi connectivity index (χ0) is 22.5. The topological polar surface area (TPSA) is 35.8 Å². The van der Waals surface area contributed by atoms with Gasteiger partial charge in [-0.1, -0.05) is 24.6 Å². The molecular weight excluding hydrogens is 422 g/mol. The number of halogens is 1. The molecule has 32 heavy (non-hydrogen) atoms. The van der Waals surface area contributed by atoms with Gasteiger partial charge in [-0.05, 0) is 56.0 Å². The zero-order valence-electron chi connectivity index (χ0n) is 19.5. The van der Waals surface area contributed by atoms with Crippen molar-refractivity contribution in [2.75, 3.05) is 33.9 Å². The third-order valence-corrected chi connectivity index (χ3v) is 7.57. The maximum atomic E-state index is 6.76. The summed E-state index contributed by atoms with van der Waals surface area (Å²) < 4.78 is 14.6. The Bertz CT molecular complexity index is 1150. The first-order valence-electron chi connectivity index (χ1n) is 11.7. The Morgan fingerprint density at radius 3 is 2.72 bits per heavy atom. The van der Waals surface area contributed by atoms with Crippen LogP contribution < -0.4 is 9.22 Å². The van der Waals surface area contributed by atoms with Gasteiger partial charge in [0.25, 0.3) is 0 Å². The summed E-state index contributed by atoms with van der Waals surface area (Å²) >= 11 is 6.76. The summed E-state index contributed by atoms with van der Waals surface area (Å²) in [5, 5.41) is 5.84. The van der Waals surface area contributed by atoms with E-state index < -0.39 is 0 Å². The van der Waals surface area contributed by atoms with Gasteiger partial charge in [0.2, 0.25) is 0 Å². The van der Waals surface area contributed by atoms with E-state index in [2.05, 4.69) is 36.7 Å². The van der Waals surface area contributed by atoms with E-state index in [1.54, 1.807) is 7.11 Å². The molecule has 170 valence electrons. The second-order valence-electron chi connectivity index (χ2n) is 9.59. The molecule has 5 rings (SSSR count). The number of rotatable bonds is 7. The standard InChI is InChI=1S/C26H33ClN3O2/c1-5-21-26(30(3,15-18-9-10-18)19-11-12-32-16-19)23-8-6-7-22(29(23)28-21)25-20(27)13-17(2)14-24(25)31-4/h6-8,13-14,18-19H,5,9-12,15-16H2,1-4H3/q+1. The molecule has 2 atom stereocenters. The first-order chi connectivity index (χ1) is 15.5. The summed E-state index contributed by atoms with van der Waals surface area (Å²) in [6.07, 6.45) is 4.66. The second kappa shape index (κ2) is 8.36.